The van der Waals surface area contributed by atoms with Gasteiger partial charge in [0.1, 0.15) is 12.1 Å². The first-order chi connectivity index (χ1) is 9.81. The monoisotopic (exact) mass is 266 g/mol. The molecule has 6 heteroatoms. The van der Waals surface area contributed by atoms with Gasteiger partial charge in [0.2, 0.25) is 5.95 Å². The van der Waals surface area contributed by atoms with Gasteiger partial charge in [0.15, 0.2) is 0 Å². The van der Waals surface area contributed by atoms with Gasteiger partial charge in [0.25, 0.3) is 0 Å². The maximum absolute atomic E-state index is 4.26. The molecule has 0 aliphatic rings. The lowest BCUT2D eigenvalue weighted by Gasteiger charge is -2.07. The molecule has 2 heterocycles. The number of fused-ring (bicyclic) bond motifs is 1. The van der Waals surface area contributed by atoms with Gasteiger partial charge in [-0.2, -0.15) is 0 Å². The number of nitrogens with zero attached hydrogens (tertiary/aromatic N) is 4. The molecule has 6 nitrogen and oxygen atoms in total. The SMILES string of the molecule is CNc1ncc(-c2ccc3ncnc(NC)c3c2)cn1. The van der Waals surface area contributed by atoms with Crippen molar-refractivity contribution in [3.63, 3.8) is 0 Å². The first-order valence-electron chi connectivity index (χ1n) is 6.24. The Hall–Kier alpha value is -2.76. The standard InChI is InChI=1S/C14H14N6/c1-15-13-11-5-9(3-4-12(11)19-8-20-13)10-6-17-14(16-2)18-7-10/h3-8H,1-2H3,(H,15,19,20)(H,16,17,18). The molecule has 0 amide bonds. The highest BCUT2D eigenvalue weighted by atomic mass is 15.1. The summed E-state index contributed by atoms with van der Waals surface area (Å²) >= 11 is 0. The van der Waals surface area contributed by atoms with Crippen LogP contribution in [0.15, 0.2) is 36.9 Å². The minimum Gasteiger partial charge on any atom is -0.373 e. The molecule has 3 aromatic rings. The molecular weight excluding hydrogens is 252 g/mol. The zero-order valence-electron chi connectivity index (χ0n) is 11.3. The van der Waals surface area contributed by atoms with Crippen molar-refractivity contribution >= 4 is 22.7 Å². The number of nitrogens with one attached hydrogen (secondary N) is 2. The summed E-state index contributed by atoms with van der Waals surface area (Å²) in [5, 5.41) is 6.95. The molecule has 0 saturated carbocycles. The van der Waals surface area contributed by atoms with E-state index in [0.29, 0.717) is 5.95 Å². The summed E-state index contributed by atoms with van der Waals surface area (Å²) in [7, 11) is 3.64. The van der Waals surface area contributed by atoms with Crippen LogP contribution in [0, 0.1) is 0 Å². The van der Waals surface area contributed by atoms with E-state index in [2.05, 4.69) is 30.6 Å². The third-order valence-electron chi connectivity index (χ3n) is 3.08. The molecular formula is C14H14N6. The minimum atomic E-state index is 0.605. The minimum absolute atomic E-state index is 0.605. The van der Waals surface area contributed by atoms with Crippen molar-refractivity contribution in [2.24, 2.45) is 0 Å². The molecule has 0 fully saturated rings. The molecule has 2 N–H and O–H groups in total. The van der Waals surface area contributed by atoms with Gasteiger partial charge in [-0.25, -0.2) is 19.9 Å². The molecule has 0 atom stereocenters. The van der Waals surface area contributed by atoms with Gasteiger partial charge in [-0.1, -0.05) is 6.07 Å². The van der Waals surface area contributed by atoms with Gasteiger partial charge in [-0.15, -0.1) is 0 Å². The van der Waals surface area contributed by atoms with Gasteiger partial charge < -0.3 is 10.6 Å². The molecule has 100 valence electrons. The van der Waals surface area contributed by atoms with Gasteiger partial charge in [-0.3, -0.25) is 0 Å². The second kappa shape index (κ2) is 5.08. The van der Waals surface area contributed by atoms with E-state index in [0.717, 1.165) is 27.8 Å². The molecule has 0 spiro atoms. The summed E-state index contributed by atoms with van der Waals surface area (Å²) < 4.78 is 0. The van der Waals surface area contributed by atoms with E-state index in [4.69, 9.17) is 0 Å². The van der Waals surface area contributed by atoms with Gasteiger partial charge >= 0.3 is 0 Å². The van der Waals surface area contributed by atoms with Gasteiger partial charge in [0, 0.05) is 37.4 Å². The summed E-state index contributed by atoms with van der Waals surface area (Å²) in [6.07, 6.45) is 5.14. The van der Waals surface area contributed by atoms with Crippen LogP contribution in [-0.4, -0.2) is 34.0 Å². The fraction of sp³-hybridized carbons (Fsp3) is 0.143. The molecule has 1 aromatic carbocycles. The van der Waals surface area contributed by atoms with Gasteiger partial charge in [0.05, 0.1) is 5.52 Å². The van der Waals surface area contributed by atoms with E-state index < -0.39 is 0 Å². The van der Waals surface area contributed by atoms with Crippen molar-refractivity contribution in [1.29, 1.82) is 0 Å². The van der Waals surface area contributed by atoms with Crippen molar-refractivity contribution in [3.8, 4) is 11.1 Å². The Morgan fingerprint density at radius 1 is 0.850 bits per heavy atom. The maximum Gasteiger partial charge on any atom is 0.222 e. The fourth-order valence-corrected chi connectivity index (χ4v) is 2.04. The van der Waals surface area contributed by atoms with Crippen LogP contribution in [0.2, 0.25) is 0 Å². The third kappa shape index (κ3) is 2.11. The molecule has 0 radical (unpaired) electrons. The Morgan fingerprint density at radius 2 is 1.65 bits per heavy atom. The normalized spacial score (nSPS) is 10.5. The van der Waals surface area contributed by atoms with Crippen LogP contribution in [0.3, 0.4) is 0 Å². The zero-order valence-corrected chi connectivity index (χ0v) is 11.3. The summed E-state index contributed by atoms with van der Waals surface area (Å²) in [5.41, 5.74) is 2.89. The first kappa shape index (κ1) is 12.3. The van der Waals surface area contributed by atoms with E-state index in [9.17, 15) is 0 Å². The zero-order chi connectivity index (χ0) is 13.9. The first-order valence-corrected chi connectivity index (χ1v) is 6.24. The third-order valence-corrected chi connectivity index (χ3v) is 3.08. The predicted molar refractivity (Wildman–Crippen MR) is 79.7 cm³/mol. The largest absolute Gasteiger partial charge is 0.373 e. The van der Waals surface area contributed by atoms with Crippen molar-refractivity contribution in [2.75, 3.05) is 24.7 Å². The smallest absolute Gasteiger partial charge is 0.222 e. The summed E-state index contributed by atoms with van der Waals surface area (Å²) in [4.78, 5) is 16.9. The van der Waals surface area contributed by atoms with Crippen molar-refractivity contribution in [2.45, 2.75) is 0 Å². The van der Waals surface area contributed by atoms with Crippen molar-refractivity contribution in [3.05, 3.63) is 36.9 Å². The highest BCUT2D eigenvalue weighted by molar-refractivity contribution is 5.92. The predicted octanol–water partition coefficient (Wildman–Crippen LogP) is 2.17. The van der Waals surface area contributed by atoms with Crippen LogP contribution in [0.5, 0.6) is 0 Å². The Balaban J connectivity index is 2.11. The number of aromatic nitrogens is 4. The topological polar surface area (TPSA) is 75.6 Å². The number of rotatable bonds is 3. The Kier molecular flexibility index (Phi) is 3.12. The van der Waals surface area contributed by atoms with Crippen molar-refractivity contribution in [1.82, 2.24) is 19.9 Å². The Morgan fingerprint density at radius 3 is 2.35 bits per heavy atom. The number of benzene rings is 1. The van der Waals surface area contributed by atoms with Crippen LogP contribution in [0.1, 0.15) is 0 Å². The number of hydrogen-bond acceptors (Lipinski definition) is 6. The lowest BCUT2D eigenvalue weighted by Crippen LogP contribution is -1.96. The average Bonchev–Trinajstić information content (AvgIpc) is 2.54. The van der Waals surface area contributed by atoms with Crippen molar-refractivity contribution < 1.29 is 0 Å². The fourth-order valence-electron chi connectivity index (χ4n) is 2.04. The van der Waals surface area contributed by atoms with Crippen LogP contribution in [0.4, 0.5) is 11.8 Å². The quantitative estimate of drug-likeness (QED) is 0.756. The molecule has 2 aromatic heterocycles. The van der Waals surface area contributed by atoms with E-state index in [-0.39, 0.29) is 0 Å². The number of hydrogen-bond donors (Lipinski definition) is 2. The lowest BCUT2D eigenvalue weighted by molar-refractivity contribution is 1.15. The van der Waals surface area contributed by atoms with E-state index in [1.54, 1.807) is 25.8 Å². The summed E-state index contributed by atoms with van der Waals surface area (Å²) in [5.74, 6) is 1.42. The summed E-state index contributed by atoms with van der Waals surface area (Å²) in [6, 6.07) is 6.02. The highest BCUT2D eigenvalue weighted by Gasteiger charge is 2.05. The molecule has 0 unspecified atom stereocenters. The molecule has 0 aliphatic carbocycles. The molecule has 0 saturated heterocycles. The van der Waals surface area contributed by atoms with E-state index in [1.165, 1.54) is 0 Å². The highest BCUT2D eigenvalue weighted by Crippen LogP contribution is 2.26. The number of anilines is 2. The van der Waals surface area contributed by atoms with Crippen LogP contribution < -0.4 is 10.6 Å². The molecule has 20 heavy (non-hydrogen) atoms. The lowest BCUT2D eigenvalue weighted by atomic mass is 10.1. The molecule has 0 aliphatic heterocycles. The van der Waals surface area contributed by atoms with Crippen LogP contribution >= 0.6 is 0 Å². The molecule has 3 rings (SSSR count). The second-order valence-corrected chi connectivity index (χ2v) is 4.25. The Bertz CT molecular complexity index is 738. The average molecular weight is 266 g/mol. The van der Waals surface area contributed by atoms with E-state index in [1.807, 2.05) is 25.2 Å². The second-order valence-electron chi connectivity index (χ2n) is 4.25. The van der Waals surface area contributed by atoms with Crippen LogP contribution in [0.25, 0.3) is 22.0 Å². The Labute approximate surface area is 116 Å². The summed E-state index contributed by atoms with van der Waals surface area (Å²) in [6.45, 7) is 0. The molecule has 0 bridgehead atoms. The van der Waals surface area contributed by atoms with E-state index >= 15 is 0 Å². The van der Waals surface area contributed by atoms with Gasteiger partial charge in [-0.05, 0) is 17.7 Å². The van der Waals surface area contributed by atoms with Crippen LogP contribution in [-0.2, 0) is 0 Å². The maximum atomic E-state index is 4.26.